The van der Waals surface area contributed by atoms with Crippen molar-refractivity contribution in [2.75, 3.05) is 6.54 Å². The summed E-state index contributed by atoms with van der Waals surface area (Å²) in [4.78, 5) is 27.2. The monoisotopic (exact) mass is 683 g/mol. The van der Waals surface area contributed by atoms with E-state index in [2.05, 4.69) is 22.0 Å². The molecule has 0 bridgehead atoms. The second-order valence-electron chi connectivity index (χ2n) is 11.4. The molecule has 1 aliphatic rings. The van der Waals surface area contributed by atoms with Gasteiger partial charge in [-0.05, 0) is 78.0 Å². The maximum atomic E-state index is 14.2. The molecule has 2 amide bonds. The molecule has 6 rings (SSSR count). The molecule has 48 heavy (non-hydrogen) atoms. The maximum Gasteiger partial charge on any atom is 0.258 e. The van der Waals surface area contributed by atoms with Crippen molar-refractivity contribution in [3.05, 3.63) is 142 Å². The smallest absolute Gasteiger partial charge is 0.258 e. The topological polar surface area (TPSA) is 79.5 Å². The van der Waals surface area contributed by atoms with Gasteiger partial charge in [-0.3, -0.25) is 14.9 Å². The molecule has 1 atom stereocenters. The molecule has 3 N–H and O–H groups in total. The Balaban J connectivity index is 0.00000451. The molecule has 1 aliphatic heterocycles. The third-order valence-electron chi connectivity index (χ3n) is 8.38. The lowest BCUT2D eigenvalue weighted by molar-refractivity contribution is -0.122. The zero-order valence-corrected chi connectivity index (χ0v) is 28.0. The van der Waals surface area contributed by atoms with E-state index in [0.717, 1.165) is 42.0 Å². The average molecular weight is 685 g/mol. The van der Waals surface area contributed by atoms with E-state index in [-0.39, 0.29) is 24.8 Å². The van der Waals surface area contributed by atoms with E-state index in [1.165, 1.54) is 11.6 Å². The molecule has 0 aromatic heterocycles. The van der Waals surface area contributed by atoms with Gasteiger partial charge < -0.3 is 15.4 Å². The Morgan fingerprint density at radius 2 is 1.67 bits per heavy atom. The average Bonchev–Trinajstić information content (AvgIpc) is 3.09. The van der Waals surface area contributed by atoms with Gasteiger partial charge >= 0.3 is 0 Å². The number of amides is 2. The normalized spacial score (nSPS) is 12.7. The SMILES string of the molecule is CCC(NCc1ccccc1F)C(=O)NC(=O)c1ccc(-c2ccccc2)cc1-c1ccc(Cl)cc1Oc1cccc2c1CCNC2.Cl. The molecule has 9 heteroatoms. The number of carbonyl (C=O) groups is 2. The molecule has 0 aliphatic carbocycles. The Hall–Kier alpha value is -4.53. The molecule has 1 unspecified atom stereocenters. The minimum absolute atomic E-state index is 0. The molecule has 6 nitrogen and oxygen atoms in total. The first-order valence-corrected chi connectivity index (χ1v) is 16.1. The molecule has 0 spiro atoms. The first-order chi connectivity index (χ1) is 22.9. The van der Waals surface area contributed by atoms with Crippen LogP contribution in [0.25, 0.3) is 22.3 Å². The van der Waals surface area contributed by atoms with Gasteiger partial charge in [0.05, 0.1) is 6.04 Å². The Bertz CT molecular complexity index is 1920. The van der Waals surface area contributed by atoms with Crippen LogP contribution in [0.1, 0.15) is 40.4 Å². The Labute approximate surface area is 291 Å². The van der Waals surface area contributed by atoms with Gasteiger partial charge in [0.1, 0.15) is 17.3 Å². The van der Waals surface area contributed by atoms with Crippen LogP contribution in [0, 0.1) is 5.82 Å². The first-order valence-electron chi connectivity index (χ1n) is 15.7. The summed E-state index contributed by atoms with van der Waals surface area (Å²) in [5.41, 5.74) is 6.15. The van der Waals surface area contributed by atoms with Crippen molar-refractivity contribution < 1.29 is 18.7 Å². The van der Waals surface area contributed by atoms with Crippen LogP contribution in [0.5, 0.6) is 11.5 Å². The van der Waals surface area contributed by atoms with Crippen LogP contribution >= 0.6 is 24.0 Å². The van der Waals surface area contributed by atoms with Gasteiger partial charge in [0, 0.05) is 46.4 Å². The quantitative estimate of drug-likeness (QED) is 0.138. The Kier molecular flexibility index (Phi) is 11.6. The fourth-order valence-electron chi connectivity index (χ4n) is 5.85. The van der Waals surface area contributed by atoms with Crippen molar-refractivity contribution in [2.45, 2.75) is 38.9 Å². The van der Waals surface area contributed by atoms with E-state index in [0.29, 0.717) is 39.4 Å². The van der Waals surface area contributed by atoms with Crippen molar-refractivity contribution in [1.29, 1.82) is 0 Å². The molecule has 1 heterocycles. The van der Waals surface area contributed by atoms with Crippen molar-refractivity contribution >= 4 is 35.8 Å². The third-order valence-corrected chi connectivity index (χ3v) is 8.62. The molecular formula is C39H36Cl2FN3O3. The number of carbonyl (C=O) groups excluding carboxylic acids is 2. The van der Waals surface area contributed by atoms with Crippen molar-refractivity contribution in [1.82, 2.24) is 16.0 Å². The number of ether oxygens (including phenoxy) is 1. The molecule has 246 valence electrons. The van der Waals surface area contributed by atoms with Gasteiger partial charge in [0.15, 0.2) is 0 Å². The Morgan fingerprint density at radius 1 is 0.875 bits per heavy atom. The van der Waals surface area contributed by atoms with Crippen molar-refractivity contribution in [3.8, 4) is 33.8 Å². The molecule has 0 fully saturated rings. The zero-order valence-electron chi connectivity index (χ0n) is 26.4. The summed E-state index contributed by atoms with van der Waals surface area (Å²) >= 11 is 6.50. The number of nitrogens with one attached hydrogen (secondary N) is 3. The van der Waals surface area contributed by atoms with Crippen LogP contribution < -0.4 is 20.7 Å². The molecule has 0 radical (unpaired) electrons. The molecule has 5 aromatic rings. The number of fused-ring (bicyclic) bond motifs is 1. The van der Waals surface area contributed by atoms with E-state index in [4.69, 9.17) is 16.3 Å². The van der Waals surface area contributed by atoms with Crippen LogP contribution in [-0.2, 0) is 24.3 Å². The highest BCUT2D eigenvalue weighted by molar-refractivity contribution is 6.30. The summed E-state index contributed by atoms with van der Waals surface area (Å²) in [6.45, 7) is 3.59. The van der Waals surface area contributed by atoms with Gasteiger partial charge in [0.2, 0.25) is 5.91 Å². The second-order valence-corrected chi connectivity index (χ2v) is 11.9. The number of rotatable bonds is 10. The van der Waals surface area contributed by atoms with E-state index in [9.17, 15) is 14.0 Å². The van der Waals surface area contributed by atoms with Crippen molar-refractivity contribution in [2.24, 2.45) is 0 Å². The van der Waals surface area contributed by atoms with Gasteiger partial charge in [-0.25, -0.2) is 4.39 Å². The fourth-order valence-corrected chi connectivity index (χ4v) is 6.02. The molecular weight excluding hydrogens is 648 g/mol. The lowest BCUT2D eigenvalue weighted by Crippen LogP contribution is -2.45. The highest BCUT2D eigenvalue weighted by atomic mass is 35.5. The van der Waals surface area contributed by atoms with Gasteiger partial charge in [0.25, 0.3) is 5.91 Å². The highest BCUT2D eigenvalue weighted by Gasteiger charge is 2.24. The van der Waals surface area contributed by atoms with E-state index in [1.54, 1.807) is 36.4 Å². The summed E-state index contributed by atoms with van der Waals surface area (Å²) in [7, 11) is 0. The van der Waals surface area contributed by atoms with E-state index < -0.39 is 17.9 Å². The largest absolute Gasteiger partial charge is 0.456 e. The van der Waals surface area contributed by atoms with Crippen molar-refractivity contribution in [3.63, 3.8) is 0 Å². The number of halogens is 3. The summed E-state index contributed by atoms with van der Waals surface area (Å²) in [5, 5.41) is 9.55. The van der Waals surface area contributed by atoms with E-state index >= 15 is 0 Å². The molecule has 0 saturated carbocycles. The Morgan fingerprint density at radius 3 is 2.46 bits per heavy atom. The summed E-state index contributed by atoms with van der Waals surface area (Å²) in [5.74, 6) is -0.181. The lowest BCUT2D eigenvalue weighted by atomic mass is 9.93. The predicted molar refractivity (Wildman–Crippen MR) is 191 cm³/mol. The van der Waals surface area contributed by atoms with Gasteiger partial charge in [-0.15, -0.1) is 12.4 Å². The summed E-state index contributed by atoms with van der Waals surface area (Å²) < 4.78 is 20.8. The van der Waals surface area contributed by atoms with Crippen LogP contribution in [0.4, 0.5) is 4.39 Å². The minimum Gasteiger partial charge on any atom is -0.456 e. The van der Waals surface area contributed by atoms with Crippen LogP contribution in [0.3, 0.4) is 0 Å². The molecule has 0 saturated heterocycles. The van der Waals surface area contributed by atoms with Gasteiger partial charge in [-0.1, -0.05) is 85.3 Å². The minimum atomic E-state index is -0.709. The number of benzene rings is 5. The standard InChI is InChI=1S/C39H35ClFN3O3.ClH/c1-2-35(43-24-28-11-6-7-13-34(28)41)39(46)44-38(45)32-17-15-26(25-9-4-3-5-10-25)21-33(32)31-18-16-29(40)22-37(31)47-36-14-8-12-27-23-42-20-19-30(27)36;/h3-18,21-22,35,42-43H,2,19-20,23-24H2,1H3,(H,44,45,46);1H. The number of hydrogen-bond donors (Lipinski definition) is 3. The predicted octanol–water partition coefficient (Wildman–Crippen LogP) is 8.50. The fraction of sp³-hybridized carbons (Fsp3) is 0.179. The van der Waals surface area contributed by atoms with E-state index in [1.807, 2.05) is 67.6 Å². The number of hydrogen-bond acceptors (Lipinski definition) is 5. The summed E-state index contributed by atoms with van der Waals surface area (Å²) in [6.07, 6.45) is 1.23. The van der Waals surface area contributed by atoms with Gasteiger partial charge in [-0.2, -0.15) is 0 Å². The maximum absolute atomic E-state index is 14.2. The zero-order chi connectivity index (χ0) is 32.8. The lowest BCUT2D eigenvalue weighted by Gasteiger charge is -2.22. The van der Waals surface area contributed by atoms with Crippen LogP contribution in [0.15, 0.2) is 109 Å². The highest BCUT2D eigenvalue weighted by Crippen LogP contribution is 2.40. The number of imide groups is 1. The van der Waals surface area contributed by atoms with Crippen LogP contribution in [0.2, 0.25) is 5.02 Å². The second kappa shape index (κ2) is 16.0. The summed E-state index contributed by atoms with van der Waals surface area (Å²) in [6, 6.07) is 32.4. The van der Waals surface area contributed by atoms with Crippen LogP contribution in [-0.4, -0.2) is 24.4 Å². The first kappa shape index (κ1) is 34.8. The molecule has 5 aromatic carbocycles. The third kappa shape index (κ3) is 7.94.